The van der Waals surface area contributed by atoms with Crippen LogP contribution in [-0.2, 0) is 23.9 Å². The number of nitrogens with one attached hydrogen (secondary N) is 1. The van der Waals surface area contributed by atoms with E-state index in [-0.39, 0.29) is 18.5 Å². The van der Waals surface area contributed by atoms with Crippen molar-refractivity contribution in [2.24, 2.45) is 0 Å². The van der Waals surface area contributed by atoms with Gasteiger partial charge in [0.1, 0.15) is 12.0 Å². The third kappa shape index (κ3) is 4.41. The summed E-state index contributed by atoms with van der Waals surface area (Å²) >= 11 is 0. The Morgan fingerprint density at radius 1 is 1.04 bits per heavy atom. The van der Waals surface area contributed by atoms with Crippen molar-refractivity contribution in [2.45, 2.75) is 31.5 Å². The second kappa shape index (κ2) is 6.88. The lowest BCUT2D eigenvalue weighted by atomic mass is 9.93. The van der Waals surface area contributed by atoms with Gasteiger partial charge >= 0.3 is 12.5 Å². The molecule has 3 rings (SSSR count). The number of rotatable bonds is 4. The highest BCUT2D eigenvalue weighted by molar-refractivity contribution is 5.66. The Balaban J connectivity index is 1.89. The van der Waals surface area contributed by atoms with Gasteiger partial charge in [-0.1, -0.05) is 18.2 Å². The van der Waals surface area contributed by atoms with Gasteiger partial charge in [0, 0.05) is 6.54 Å². The van der Waals surface area contributed by atoms with Gasteiger partial charge in [0.25, 0.3) is 0 Å². The fourth-order valence-electron chi connectivity index (χ4n) is 3.11. The van der Waals surface area contributed by atoms with Gasteiger partial charge in [0.15, 0.2) is 0 Å². The van der Waals surface area contributed by atoms with Crippen LogP contribution in [0.4, 0.5) is 26.3 Å². The Morgan fingerprint density at radius 3 is 2.26 bits per heavy atom. The topological polar surface area (TPSA) is 38.3 Å². The SMILES string of the molecule is O=CC1NCc2cc(Cc3ccc(OC(F)(F)F)cc3)cc(C(F)(F)F)c21. The first kappa shape index (κ1) is 19.2. The molecule has 9 heteroatoms. The van der Waals surface area contributed by atoms with Gasteiger partial charge in [0.2, 0.25) is 0 Å². The summed E-state index contributed by atoms with van der Waals surface area (Å²) < 4.78 is 80.5. The summed E-state index contributed by atoms with van der Waals surface area (Å²) in [7, 11) is 0. The molecule has 0 aliphatic carbocycles. The van der Waals surface area contributed by atoms with Crippen molar-refractivity contribution in [2.75, 3.05) is 0 Å². The average molecular weight is 389 g/mol. The van der Waals surface area contributed by atoms with Crippen molar-refractivity contribution in [3.05, 3.63) is 64.2 Å². The molecule has 1 unspecified atom stereocenters. The normalized spacial score (nSPS) is 16.9. The quantitative estimate of drug-likeness (QED) is 0.617. The van der Waals surface area contributed by atoms with Crippen molar-refractivity contribution in [3.63, 3.8) is 0 Å². The summed E-state index contributed by atoms with van der Waals surface area (Å²) in [6.45, 7) is 0.133. The Kier molecular flexibility index (Phi) is 4.90. The number of carbonyl (C=O) groups excluding carboxylic acids is 1. The van der Waals surface area contributed by atoms with E-state index in [1.165, 1.54) is 12.1 Å². The third-order valence-electron chi connectivity index (χ3n) is 4.16. The molecule has 3 nitrogen and oxygen atoms in total. The molecule has 0 radical (unpaired) electrons. The summed E-state index contributed by atoms with van der Waals surface area (Å²) in [4.78, 5) is 11.0. The standard InChI is InChI=1S/C18H13F6NO2/c19-17(20,21)14-7-11(6-12-8-25-15(9-26)16(12)14)5-10-1-3-13(4-2-10)27-18(22,23)24/h1-4,6-7,9,15,25H,5,8H2. The lowest BCUT2D eigenvalue weighted by Gasteiger charge is -2.16. The highest BCUT2D eigenvalue weighted by Gasteiger charge is 2.39. The molecule has 0 amide bonds. The Bertz CT molecular complexity index is 843. The molecule has 1 aliphatic heterocycles. The molecule has 2 aromatic rings. The maximum absolute atomic E-state index is 13.4. The molecule has 1 atom stereocenters. The number of halogens is 6. The number of aldehydes is 1. The Morgan fingerprint density at radius 2 is 1.70 bits per heavy atom. The minimum Gasteiger partial charge on any atom is -0.406 e. The van der Waals surface area contributed by atoms with Gasteiger partial charge < -0.3 is 9.53 Å². The zero-order valence-corrected chi connectivity index (χ0v) is 13.6. The zero-order chi connectivity index (χ0) is 19.8. The van der Waals surface area contributed by atoms with Crippen LogP contribution in [0, 0.1) is 0 Å². The average Bonchev–Trinajstić information content (AvgIpc) is 2.96. The van der Waals surface area contributed by atoms with E-state index in [9.17, 15) is 31.1 Å². The number of carbonyl (C=O) groups is 1. The van der Waals surface area contributed by atoms with Crippen molar-refractivity contribution in [1.29, 1.82) is 0 Å². The van der Waals surface area contributed by atoms with Gasteiger partial charge in [-0.3, -0.25) is 5.32 Å². The minimum atomic E-state index is -4.81. The van der Waals surface area contributed by atoms with Crippen LogP contribution in [-0.4, -0.2) is 12.6 Å². The molecule has 0 bridgehead atoms. The van der Waals surface area contributed by atoms with Gasteiger partial charge in [-0.05, 0) is 46.9 Å². The molecular formula is C18H13F6NO2. The van der Waals surface area contributed by atoms with E-state index in [1.807, 2.05) is 0 Å². The summed E-state index contributed by atoms with van der Waals surface area (Å²) in [5, 5.41) is 2.71. The highest BCUT2D eigenvalue weighted by Crippen LogP contribution is 2.39. The van der Waals surface area contributed by atoms with Crippen LogP contribution in [0.1, 0.15) is 33.9 Å². The first-order chi connectivity index (χ1) is 12.6. The van der Waals surface area contributed by atoms with Crippen LogP contribution in [0.15, 0.2) is 36.4 Å². The maximum Gasteiger partial charge on any atom is 0.573 e. The molecule has 1 heterocycles. The van der Waals surface area contributed by atoms with E-state index in [0.717, 1.165) is 18.2 Å². The molecule has 0 aromatic heterocycles. The first-order valence-electron chi connectivity index (χ1n) is 7.83. The van der Waals surface area contributed by atoms with Gasteiger partial charge in [0.05, 0.1) is 11.6 Å². The van der Waals surface area contributed by atoms with E-state index in [4.69, 9.17) is 0 Å². The first-order valence-corrected chi connectivity index (χ1v) is 7.83. The van der Waals surface area contributed by atoms with Crippen LogP contribution in [0.3, 0.4) is 0 Å². The molecule has 0 saturated carbocycles. The molecule has 27 heavy (non-hydrogen) atoms. The number of alkyl halides is 6. The van der Waals surface area contributed by atoms with E-state index >= 15 is 0 Å². The second-order valence-corrected chi connectivity index (χ2v) is 6.08. The highest BCUT2D eigenvalue weighted by atomic mass is 19.4. The largest absolute Gasteiger partial charge is 0.573 e. The van der Waals surface area contributed by atoms with Crippen LogP contribution in [0.5, 0.6) is 5.75 Å². The molecule has 1 N–H and O–H groups in total. The Labute approximate surface area is 149 Å². The van der Waals surface area contributed by atoms with Crippen molar-refractivity contribution in [1.82, 2.24) is 5.32 Å². The van der Waals surface area contributed by atoms with Crippen LogP contribution in [0.2, 0.25) is 0 Å². The molecular weight excluding hydrogens is 376 g/mol. The number of hydrogen-bond acceptors (Lipinski definition) is 3. The van der Waals surface area contributed by atoms with E-state index in [1.54, 1.807) is 6.07 Å². The fraction of sp³-hybridized carbons (Fsp3) is 0.278. The molecule has 0 spiro atoms. The lowest BCUT2D eigenvalue weighted by molar-refractivity contribution is -0.274. The Hall–Kier alpha value is -2.55. The second-order valence-electron chi connectivity index (χ2n) is 6.08. The molecule has 1 aliphatic rings. The predicted octanol–water partition coefficient (Wildman–Crippen LogP) is 4.54. The van der Waals surface area contributed by atoms with Crippen LogP contribution >= 0.6 is 0 Å². The third-order valence-corrected chi connectivity index (χ3v) is 4.16. The van der Waals surface area contributed by atoms with Crippen molar-refractivity contribution < 1.29 is 35.9 Å². The number of fused-ring (bicyclic) bond motifs is 1. The molecule has 0 fully saturated rings. The summed E-state index contributed by atoms with van der Waals surface area (Å²) in [5.41, 5.74) is 0.299. The summed E-state index contributed by atoms with van der Waals surface area (Å²) in [6, 6.07) is 6.45. The van der Waals surface area contributed by atoms with Gasteiger partial charge in [-0.2, -0.15) is 13.2 Å². The van der Waals surface area contributed by atoms with Crippen LogP contribution < -0.4 is 10.1 Å². The minimum absolute atomic E-state index is 0.0739. The number of ether oxygens (including phenoxy) is 1. The van der Waals surface area contributed by atoms with Gasteiger partial charge in [-0.25, -0.2) is 0 Å². The number of hydrogen-bond donors (Lipinski definition) is 1. The van der Waals surface area contributed by atoms with Gasteiger partial charge in [-0.15, -0.1) is 13.2 Å². The number of benzene rings is 2. The van der Waals surface area contributed by atoms with E-state index in [2.05, 4.69) is 10.1 Å². The molecule has 2 aromatic carbocycles. The summed E-state index contributed by atoms with van der Waals surface area (Å²) in [5.74, 6) is -0.408. The van der Waals surface area contributed by atoms with E-state index in [0.29, 0.717) is 23.0 Å². The fourth-order valence-corrected chi connectivity index (χ4v) is 3.11. The van der Waals surface area contributed by atoms with Crippen molar-refractivity contribution in [3.8, 4) is 5.75 Å². The summed E-state index contributed by atoms with van der Waals surface area (Å²) in [6.07, 6.45) is -8.92. The van der Waals surface area contributed by atoms with Crippen LogP contribution in [0.25, 0.3) is 0 Å². The maximum atomic E-state index is 13.4. The zero-order valence-electron chi connectivity index (χ0n) is 13.6. The smallest absolute Gasteiger partial charge is 0.406 e. The van der Waals surface area contributed by atoms with E-state index < -0.39 is 29.9 Å². The monoisotopic (exact) mass is 389 g/mol. The lowest BCUT2D eigenvalue weighted by Crippen LogP contribution is -2.17. The van der Waals surface area contributed by atoms with Crippen molar-refractivity contribution >= 4 is 6.29 Å². The molecule has 0 saturated heterocycles. The molecule has 144 valence electrons. The predicted molar refractivity (Wildman–Crippen MR) is 83.0 cm³/mol.